The van der Waals surface area contributed by atoms with E-state index in [-0.39, 0.29) is 0 Å². The Morgan fingerprint density at radius 3 is 2.79 bits per heavy atom. The van der Waals surface area contributed by atoms with E-state index in [0.717, 1.165) is 10.7 Å². The van der Waals surface area contributed by atoms with Crippen LogP contribution in [-0.4, -0.2) is 9.55 Å². The number of nitrogens with one attached hydrogen (secondary N) is 1. The van der Waals surface area contributed by atoms with Gasteiger partial charge in [-0.1, -0.05) is 26.0 Å². The highest BCUT2D eigenvalue weighted by atomic mass is 32.1. The van der Waals surface area contributed by atoms with Crippen molar-refractivity contribution in [2.75, 3.05) is 0 Å². The van der Waals surface area contributed by atoms with E-state index in [4.69, 9.17) is 12.2 Å². The molecule has 2 aromatic rings. The minimum absolute atomic E-state index is 0.554. The Labute approximate surface area is 119 Å². The van der Waals surface area contributed by atoms with Gasteiger partial charge in [-0.3, -0.25) is 0 Å². The number of H-pyrrole nitrogens is 1. The van der Waals surface area contributed by atoms with Crippen molar-refractivity contribution in [1.29, 1.82) is 0 Å². The summed E-state index contributed by atoms with van der Waals surface area (Å²) in [5, 5.41) is 0. The van der Waals surface area contributed by atoms with Gasteiger partial charge >= 0.3 is 0 Å². The highest BCUT2D eigenvalue weighted by Crippen LogP contribution is 2.38. The van der Waals surface area contributed by atoms with E-state index < -0.39 is 0 Å². The number of para-hydroxylation sites is 1. The Morgan fingerprint density at radius 1 is 1.26 bits per heavy atom. The highest BCUT2D eigenvalue weighted by Gasteiger charge is 2.28. The molecule has 0 spiro atoms. The molecule has 1 aromatic heterocycles. The molecule has 1 saturated carbocycles. The monoisotopic (exact) mass is 274 g/mol. The Balaban J connectivity index is 2.15. The van der Waals surface area contributed by atoms with Crippen LogP contribution in [0.25, 0.3) is 11.0 Å². The van der Waals surface area contributed by atoms with Crippen molar-refractivity contribution in [3.05, 3.63) is 28.5 Å². The molecule has 1 aliphatic carbocycles. The molecule has 1 N–H and O–H groups in total. The summed E-state index contributed by atoms with van der Waals surface area (Å²) in [6, 6.07) is 6.96. The number of nitrogens with zero attached hydrogens (tertiary/aromatic N) is 1. The van der Waals surface area contributed by atoms with E-state index in [2.05, 4.69) is 48.5 Å². The number of benzene rings is 1. The van der Waals surface area contributed by atoms with Crippen molar-refractivity contribution in [1.82, 2.24) is 9.55 Å². The fourth-order valence-corrected chi connectivity index (χ4v) is 4.04. The number of aryl methyl sites for hydroxylation is 1. The maximum atomic E-state index is 5.58. The molecule has 1 aromatic carbocycles. The van der Waals surface area contributed by atoms with Crippen LogP contribution in [-0.2, 0) is 0 Å². The summed E-state index contributed by atoms with van der Waals surface area (Å²) in [6.07, 6.45) is 3.87. The minimum Gasteiger partial charge on any atom is -0.331 e. The quantitative estimate of drug-likeness (QED) is 0.725. The van der Waals surface area contributed by atoms with Gasteiger partial charge in [0.25, 0.3) is 0 Å². The molecule has 1 fully saturated rings. The molecule has 19 heavy (non-hydrogen) atoms. The molecule has 0 bridgehead atoms. The van der Waals surface area contributed by atoms with Gasteiger partial charge in [0.2, 0.25) is 0 Å². The molecule has 3 atom stereocenters. The molecule has 0 saturated heterocycles. The summed E-state index contributed by atoms with van der Waals surface area (Å²) < 4.78 is 3.27. The largest absolute Gasteiger partial charge is 0.331 e. The van der Waals surface area contributed by atoms with Crippen LogP contribution in [0.5, 0.6) is 0 Å². The van der Waals surface area contributed by atoms with Crippen LogP contribution < -0.4 is 0 Å². The van der Waals surface area contributed by atoms with Crippen molar-refractivity contribution in [3.8, 4) is 0 Å². The van der Waals surface area contributed by atoms with Crippen LogP contribution >= 0.6 is 12.2 Å². The van der Waals surface area contributed by atoms with Gasteiger partial charge in [0, 0.05) is 6.04 Å². The molecular formula is C16H22N2S. The van der Waals surface area contributed by atoms with E-state index in [1.165, 1.54) is 35.9 Å². The SMILES string of the molecule is Cc1cccc2[nH]c(=S)n(C3CCC(C)CC3C)c12. The van der Waals surface area contributed by atoms with E-state index in [1.807, 2.05) is 0 Å². The molecule has 3 heteroatoms. The first-order chi connectivity index (χ1) is 9.08. The minimum atomic E-state index is 0.554. The van der Waals surface area contributed by atoms with Crippen LogP contribution in [0.15, 0.2) is 18.2 Å². The second-order valence-corrected chi connectivity index (χ2v) is 6.62. The zero-order valence-electron chi connectivity index (χ0n) is 11.9. The van der Waals surface area contributed by atoms with Crippen LogP contribution in [0.1, 0.15) is 44.7 Å². The van der Waals surface area contributed by atoms with Crippen LogP contribution in [0.2, 0.25) is 0 Å². The number of aromatic amines is 1. The topological polar surface area (TPSA) is 20.7 Å². The van der Waals surface area contributed by atoms with Gasteiger partial charge < -0.3 is 9.55 Å². The lowest BCUT2D eigenvalue weighted by Gasteiger charge is -2.34. The third-order valence-electron chi connectivity index (χ3n) is 4.66. The summed E-state index contributed by atoms with van der Waals surface area (Å²) in [5.74, 6) is 1.56. The lowest BCUT2D eigenvalue weighted by atomic mass is 9.79. The summed E-state index contributed by atoms with van der Waals surface area (Å²) in [7, 11) is 0. The van der Waals surface area contributed by atoms with Gasteiger partial charge in [0.15, 0.2) is 4.77 Å². The van der Waals surface area contributed by atoms with Gasteiger partial charge in [0.05, 0.1) is 11.0 Å². The third-order valence-corrected chi connectivity index (χ3v) is 4.96. The molecule has 102 valence electrons. The van der Waals surface area contributed by atoms with Crippen LogP contribution in [0.3, 0.4) is 0 Å². The maximum absolute atomic E-state index is 5.58. The zero-order valence-corrected chi connectivity index (χ0v) is 12.8. The molecule has 1 heterocycles. The average Bonchev–Trinajstić information content (AvgIpc) is 2.67. The standard InChI is InChI=1S/C16H22N2S/c1-10-7-8-14(12(3)9-10)18-15-11(2)5-4-6-13(15)17-16(18)19/h4-6,10,12,14H,7-9H2,1-3H3,(H,17,19). The Kier molecular flexibility index (Phi) is 3.25. The maximum Gasteiger partial charge on any atom is 0.178 e. The van der Waals surface area contributed by atoms with Gasteiger partial charge in [-0.2, -0.15) is 0 Å². The van der Waals surface area contributed by atoms with E-state index in [0.29, 0.717) is 12.0 Å². The second kappa shape index (κ2) is 4.78. The molecule has 2 nitrogen and oxygen atoms in total. The van der Waals surface area contributed by atoms with Gasteiger partial charge in [0.1, 0.15) is 0 Å². The highest BCUT2D eigenvalue weighted by molar-refractivity contribution is 7.71. The molecule has 0 amide bonds. The van der Waals surface area contributed by atoms with Crippen molar-refractivity contribution in [2.24, 2.45) is 11.8 Å². The van der Waals surface area contributed by atoms with Crippen LogP contribution in [0, 0.1) is 23.5 Å². The van der Waals surface area contributed by atoms with Gasteiger partial charge in [-0.25, -0.2) is 0 Å². The first-order valence-electron chi connectivity index (χ1n) is 7.27. The van der Waals surface area contributed by atoms with Crippen LogP contribution in [0.4, 0.5) is 0 Å². The second-order valence-electron chi connectivity index (χ2n) is 6.23. The average molecular weight is 274 g/mol. The third kappa shape index (κ3) is 2.14. The first kappa shape index (κ1) is 12.9. The fraction of sp³-hybridized carbons (Fsp3) is 0.562. The normalized spacial score (nSPS) is 27.8. The van der Waals surface area contributed by atoms with E-state index in [1.54, 1.807) is 0 Å². The number of hydrogen-bond donors (Lipinski definition) is 1. The molecule has 0 radical (unpaired) electrons. The predicted octanol–water partition coefficient (Wildman–Crippen LogP) is 5.00. The Morgan fingerprint density at radius 2 is 2.05 bits per heavy atom. The number of aromatic nitrogens is 2. The van der Waals surface area contributed by atoms with Crippen molar-refractivity contribution >= 4 is 23.3 Å². The number of imidazole rings is 1. The number of rotatable bonds is 1. The molecular weight excluding hydrogens is 252 g/mol. The van der Waals surface area contributed by atoms with Crippen molar-refractivity contribution < 1.29 is 0 Å². The summed E-state index contributed by atoms with van der Waals surface area (Å²) in [5.41, 5.74) is 3.80. The van der Waals surface area contributed by atoms with Crippen molar-refractivity contribution in [2.45, 2.75) is 46.1 Å². The Bertz CT molecular complexity index is 652. The van der Waals surface area contributed by atoms with E-state index in [9.17, 15) is 0 Å². The number of fused-ring (bicyclic) bond motifs is 1. The first-order valence-corrected chi connectivity index (χ1v) is 7.68. The van der Waals surface area contributed by atoms with E-state index >= 15 is 0 Å². The molecule has 3 unspecified atom stereocenters. The molecule has 1 aliphatic rings. The molecule has 0 aliphatic heterocycles. The smallest absolute Gasteiger partial charge is 0.178 e. The number of hydrogen-bond acceptors (Lipinski definition) is 1. The lowest BCUT2D eigenvalue weighted by molar-refractivity contribution is 0.210. The Hall–Kier alpha value is -1.09. The fourth-order valence-electron chi connectivity index (χ4n) is 3.71. The van der Waals surface area contributed by atoms with Gasteiger partial charge in [-0.15, -0.1) is 0 Å². The van der Waals surface area contributed by atoms with Gasteiger partial charge in [-0.05, 0) is 61.9 Å². The molecule has 3 rings (SSSR count). The van der Waals surface area contributed by atoms with Crippen molar-refractivity contribution in [3.63, 3.8) is 0 Å². The zero-order chi connectivity index (χ0) is 13.6. The summed E-state index contributed by atoms with van der Waals surface area (Å²) >= 11 is 5.58. The summed E-state index contributed by atoms with van der Waals surface area (Å²) in [4.78, 5) is 3.37. The predicted molar refractivity (Wildman–Crippen MR) is 83.1 cm³/mol. The summed E-state index contributed by atoms with van der Waals surface area (Å²) in [6.45, 7) is 6.92. The lowest BCUT2D eigenvalue weighted by Crippen LogP contribution is -2.25.